The number of halogens is 6. The summed E-state index contributed by atoms with van der Waals surface area (Å²) in [6.45, 7) is 0.842. The Balaban J connectivity index is 3.46. The van der Waals surface area contributed by atoms with Gasteiger partial charge in [0.05, 0.1) is 12.9 Å². The van der Waals surface area contributed by atoms with Crippen LogP contribution in [0.2, 0.25) is 0 Å². The average molecular weight is 302 g/mol. The molecule has 0 N–H and O–H groups in total. The fourth-order valence-electron chi connectivity index (χ4n) is 1.26. The highest BCUT2D eigenvalue weighted by Gasteiger charge is 2.63. The molecule has 0 unspecified atom stereocenters. The third kappa shape index (κ3) is 2.97. The molecule has 0 bridgehead atoms. The second-order valence-corrected chi connectivity index (χ2v) is 3.46. The Kier molecular flexibility index (Phi) is 4.51. The standard InChI is InChI=1S/C11H8F6O3/c1-2-19-9(18)8(12)7(6-4-3-5-20-6)10(13,14)11(15,16)17/h3-5H,2H2,1H3/b8-7-. The van der Waals surface area contributed by atoms with Crippen LogP contribution in [0.3, 0.4) is 0 Å². The Morgan fingerprint density at radius 3 is 2.30 bits per heavy atom. The number of hydrogen-bond acceptors (Lipinski definition) is 3. The Hall–Kier alpha value is -1.93. The average Bonchev–Trinajstić information content (AvgIpc) is 2.81. The lowest BCUT2D eigenvalue weighted by atomic mass is 10.0. The molecule has 0 aliphatic rings. The second kappa shape index (κ2) is 5.59. The molecule has 0 saturated carbocycles. The predicted molar refractivity (Wildman–Crippen MR) is 54.4 cm³/mol. The minimum Gasteiger partial charge on any atom is -0.464 e. The van der Waals surface area contributed by atoms with Gasteiger partial charge in [0.1, 0.15) is 11.3 Å². The molecule has 1 rings (SSSR count). The van der Waals surface area contributed by atoms with Crippen molar-refractivity contribution in [1.82, 2.24) is 0 Å². The molecule has 0 spiro atoms. The van der Waals surface area contributed by atoms with E-state index in [2.05, 4.69) is 9.15 Å². The van der Waals surface area contributed by atoms with E-state index < -0.39 is 41.8 Å². The summed E-state index contributed by atoms with van der Waals surface area (Å²) in [4.78, 5) is 11.1. The Bertz CT molecular complexity index is 501. The predicted octanol–water partition coefficient (Wildman–Crippen LogP) is 3.72. The summed E-state index contributed by atoms with van der Waals surface area (Å²) in [5, 5.41) is 0. The SMILES string of the molecule is CCOC(=O)/C(F)=C(\c1ccco1)C(F)(F)C(F)(F)F. The summed E-state index contributed by atoms with van der Waals surface area (Å²) in [7, 11) is 0. The summed E-state index contributed by atoms with van der Waals surface area (Å²) in [5.74, 6) is -11.0. The number of hydrogen-bond donors (Lipinski definition) is 0. The summed E-state index contributed by atoms with van der Waals surface area (Å²) >= 11 is 0. The minimum atomic E-state index is -6.10. The van der Waals surface area contributed by atoms with Crippen LogP contribution in [-0.2, 0) is 9.53 Å². The van der Waals surface area contributed by atoms with Crippen LogP contribution in [0.25, 0.3) is 5.57 Å². The molecule has 0 radical (unpaired) electrons. The molecule has 0 aromatic carbocycles. The van der Waals surface area contributed by atoms with Crippen molar-refractivity contribution in [2.75, 3.05) is 6.61 Å². The Morgan fingerprint density at radius 1 is 1.30 bits per heavy atom. The van der Waals surface area contributed by atoms with Crippen LogP contribution in [-0.4, -0.2) is 24.7 Å². The first-order chi connectivity index (χ1) is 9.13. The van der Waals surface area contributed by atoms with Gasteiger partial charge in [0.25, 0.3) is 0 Å². The quantitative estimate of drug-likeness (QED) is 0.483. The molecule has 0 saturated heterocycles. The first kappa shape index (κ1) is 16.1. The molecule has 1 heterocycles. The molecule has 1 aromatic heterocycles. The smallest absolute Gasteiger partial charge is 0.458 e. The number of esters is 1. The van der Waals surface area contributed by atoms with Crippen LogP contribution in [0.1, 0.15) is 12.7 Å². The third-order valence-electron chi connectivity index (χ3n) is 2.11. The normalized spacial score (nSPS) is 13.9. The maximum Gasteiger partial charge on any atom is 0.458 e. The lowest BCUT2D eigenvalue weighted by molar-refractivity contribution is -0.254. The van der Waals surface area contributed by atoms with Gasteiger partial charge in [-0.3, -0.25) is 0 Å². The summed E-state index contributed by atoms with van der Waals surface area (Å²) < 4.78 is 85.7. The molecule has 0 aliphatic carbocycles. The van der Waals surface area contributed by atoms with E-state index in [-0.39, 0.29) is 0 Å². The number of carbonyl (C=O) groups is 1. The molecule has 3 nitrogen and oxygen atoms in total. The van der Waals surface area contributed by atoms with Crippen molar-refractivity contribution in [3.05, 3.63) is 30.0 Å². The Morgan fingerprint density at radius 2 is 1.90 bits per heavy atom. The number of ether oxygens (including phenoxy) is 1. The van der Waals surface area contributed by atoms with E-state index in [1.165, 1.54) is 6.92 Å². The maximum atomic E-state index is 13.6. The van der Waals surface area contributed by atoms with Crippen molar-refractivity contribution in [2.45, 2.75) is 19.0 Å². The van der Waals surface area contributed by atoms with Crippen LogP contribution in [0, 0.1) is 0 Å². The van der Waals surface area contributed by atoms with Gasteiger partial charge in [0.2, 0.25) is 5.83 Å². The third-order valence-corrected chi connectivity index (χ3v) is 2.11. The van der Waals surface area contributed by atoms with Crippen LogP contribution >= 0.6 is 0 Å². The number of rotatable bonds is 4. The highest BCUT2D eigenvalue weighted by atomic mass is 19.4. The fourth-order valence-corrected chi connectivity index (χ4v) is 1.26. The van der Waals surface area contributed by atoms with Gasteiger partial charge in [-0.2, -0.15) is 26.3 Å². The van der Waals surface area contributed by atoms with Gasteiger partial charge in [0.15, 0.2) is 0 Å². The zero-order valence-electron chi connectivity index (χ0n) is 9.93. The largest absolute Gasteiger partial charge is 0.464 e. The van der Waals surface area contributed by atoms with Gasteiger partial charge in [-0.25, -0.2) is 4.79 Å². The van der Waals surface area contributed by atoms with Gasteiger partial charge in [-0.05, 0) is 19.1 Å². The molecular formula is C11H8F6O3. The molecule has 20 heavy (non-hydrogen) atoms. The van der Waals surface area contributed by atoms with Crippen molar-refractivity contribution >= 4 is 11.5 Å². The van der Waals surface area contributed by atoms with E-state index in [0.29, 0.717) is 6.07 Å². The van der Waals surface area contributed by atoms with Crippen LogP contribution < -0.4 is 0 Å². The van der Waals surface area contributed by atoms with Crippen molar-refractivity contribution in [2.24, 2.45) is 0 Å². The lowest BCUT2D eigenvalue weighted by Gasteiger charge is -2.21. The van der Waals surface area contributed by atoms with Gasteiger partial charge >= 0.3 is 18.1 Å². The topological polar surface area (TPSA) is 39.4 Å². The van der Waals surface area contributed by atoms with E-state index in [1.807, 2.05) is 0 Å². The fraction of sp³-hybridized carbons (Fsp3) is 0.364. The van der Waals surface area contributed by atoms with Crippen molar-refractivity contribution in [3.63, 3.8) is 0 Å². The van der Waals surface area contributed by atoms with E-state index in [1.54, 1.807) is 0 Å². The van der Waals surface area contributed by atoms with Gasteiger partial charge < -0.3 is 9.15 Å². The molecule has 0 atom stereocenters. The van der Waals surface area contributed by atoms with Gasteiger partial charge in [-0.15, -0.1) is 0 Å². The van der Waals surface area contributed by atoms with E-state index >= 15 is 0 Å². The molecular weight excluding hydrogens is 294 g/mol. The van der Waals surface area contributed by atoms with Gasteiger partial charge in [0, 0.05) is 0 Å². The zero-order valence-corrected chi connectivity index (χ0v) is 9.93. The molecule has 0 amide bonds. The molecule has 0 aliphatic heterocycles. The van der Waals surface area contributed by atoms with E-state index in [9.17, 15) is 31.1 Å². The molecule has 0 fully saturated rings. The van der Waals surface area contributed by atoms with Crippen LogP contribution in [0.15, 0.2) is 28.6 Å². The van der Waals surface area contributed by atoms with E-state index in [4.69, 9.17) is 0 Å². The highest BCUT2D eigenvalue weighted by molar-refractivity contribution is 5.96. The van der Waals surface area contributed by atoms with Crippen molar-refractivity contribution in [1.29, 1.82) is 0 Å². The first-order valence-electron chi connectivity index (χ1n) is 5.18. The van der Waals surface area contributed by atoms with Crippen molar-refractivity contribution < 1.29 is 40.3 Å². The summed E-state index contributed by atoms with van der Waals surface area (Å²) in [6.07, 6.45) is -5.33. The molecule has 1 aromatic rings. The van der Waals surface area contributed by atoms with Gasteiger partial charge in [-0.1, -0.05) is 0 Å². The van der Waals surface area contributed by atoms with Crippen LogP contribution in [0.5, 0.6) is 0 Å². The Labute approximate surface area is 108 Å². The summed E-state index contributed by atoms with van der Waals surface area (Å²) in [6, 6.07) is 1.65. The number of furan rings is 1. The van der Waals surface area contributed by atoms with Crippen molar-refractivity contribution in [3.8, 4) is 0 Å². The highest BCUT2D eigenvalue weighted by Crippen LogP contribution is 2.47. The minimum absolute atomic E-state index is 0.394. The molecule has 9 heteroatoms. The summed E-state index contributed by atoms with van der Waals surface area (Å²) in [5.41, 5.74) is -2.21. The van der Waals surface area contributed by atoms with E-state index in [0.717, 1.165) is 12.3 Å². The first-order valence-corrected chi connectivity index (χ1v) is 5.18. The molecule has 112 valence electrons. The lowest BCUT2D eigenvalue weighted by Crippen LogP contribution is -2.38. The number of allylic oxidation sites excluding steroid dienone is 1. The zero-order chi connectivity index (χ0) is 15.6. The number of alkyl halides is 5. The second-order valence-electron chi connectivity index (χ2n) is 3.46. The number of carbonyl (C=O) groups excluding carboxylic acids is 1. The van der Waals surface area contributed by atoms with Crippen LogP contribution in [0.4, 0.5) is 26.3 Å². The maximum absolute atomic E-state index is 13.6. The monoisotopic (exact) mass is 302 g/mol.